The Balaban J connectivity index is 2.34. The molecule has 98 valence electrons. The van der Waals surface area contributed by atoms with Crippen molar-refractivity contribution in [1.82, 2.24) is 0 Å². The highest BCUT2D eigenvalue weighted by Crippen LogP contribution is 2.27. The molecule has 0 aromatic heterocycles. The van der Waals surface area contributed by atoms with Crippen LogP contribution in [-0.4, -0.2) is 11.0 Å². The van der Waals surface area contributed by atoms with Crippen molar-refractivity contribution in [2.24, 2.45) is 0 Å². The number of rotatable bonds is 2. The summed E-state index contributed by atoms with van der Waals surface area (Å²) in [6, 6.07) is 7.03. The molecule has 2 rings (SSSR count). The molecule has 2 aromatic rings. The van der Waals surface area contributed by atoms with Crippen LogP contribution in [0.2, 0.25) is 5.02 Å². The second kappa shape index (κ2) is 5.24. The number of phenolic OH excluding ortho intramolecular Hbond substituents is 1. The van der Waals surface area contributed by atoms with Crippen molar-refractivity contribution in [2.45, 2.75) is 0 Å². The highest BCUT2D eigenvalue weighted by atomic mass is 35.5. The van der Waals surface area contributed by atoms with Crippen LogP contribution < -0.4 is 5.32 Å². The SMILES string of the molecule is O=C(Nc1cc(Cl)ccc1O)c1c(F)cccc1F. The molecule has 1 amide bonds. The minimum Gasteiger partial charge on any atom is -0.506 e. The Morgan fingerprint density at radius 2 is 1.79 bits per heavy atom. The molecule has 6 heteroatoms. The molecule has 0 atom stereocenters. The second-order valence-electron chi connectivity index (χ2n) is 3.71. The number of aromatic hydroxyl groups is 1. The maximum atomic E-state index is 13.4. The predicted molar refractivity (Wildman–Crippen MR) is 67.4 cm³/mol. The zero-order valence-corrected chi connectivity index (χ0v) is 10.2. The van der Waals surface area contributed by atoms with E-state index >= 15 is 0 Å². The normalized spacial score (nSPS) is 10.3. The lowest BCUT2D eigenvalue weighted by atomic mass is 10.1. The second-order valence-corrected chi connectivity index (χ2v) is 4.15. The van der Waals surface area contributed by atoms with Crippen LogP contribution in [0.25, 0.3) is 0 Å². The van der Waals surface area contributed by atoms with Gasteiger partial charge < -0.3 is 10.4 Å². The molecule has 19 heavy (non-hydrogen) atoms. The van der Waals surface area contributed by atoms with E-state index in [9.17, 15) is 18.7 Å². The maximum Gasteiger partial charge on any atom is 0.261 e. The summed E-state index contributed by atoms with van der Waals surface area (Å²) in [6.07, 6.45) is 0. The summed E-state index contributed by atoms with van der Waals surface area (Å²) in [6.45, 7) is 0. The highest BCUT2D eigenvalue weighted by molar-refractivity contribution is 6.31. The first-order valence-corrected chi connectivity index (χ1v) is 5.60. The number of halogens is 3. The summed E-state index contributed by atoms with van der Waals surface area (Å²) in [5, 5.41) is 12.0. The number of hydrogen-bond donors (Lipinski definition) is 2. The van der Waals surface area contributed by atoms with Gasteiger partial charge in [0.25, 0.3) is 5.91 Å². The minimum atomic E-state index is -1.01. The number of amides is 1. The van der Waals surface area contributed by atoms with E-state index in [4.69, 9.17) is 11.6 Å². The molecule has 0 saturated carbocycles. The third-order valence-electron chi connectivity index (χ3n) is 2.40. The summed E-state index contributed by atoms with van der Waals surface area (Å²) in [5.41, 5.74) is -0.748. The quantitative estimate of drug-likeness (QED) is 0.828. The number of anilines is 1. The molecular weight excluding hydrogens is 276 g/mol. The van der Waals surface area contributed by atoms with E-state index in [1.165, 1.54) is 18.2 Å². The Kier molecular flexibility index (Phi) is 3.66. The monoisotopic (exact) mass is 283 g/mol. The van der Waals surface area contributed by atoms with Crippen molar-refractivity contribution in [2.75, 3.05) is 5.32 Å². The number of carbonyl (C=O) groups is 1. The molecule has 0 saturated heterocycles. The van der Waals surface area contributed by atoms with Crippen molar-refractivity contribution < 1.29 is 18.7 Å². The van der Waals surface area contributed by atoms with Crippen LogP contribution in [0, 0.1) is 11.6 Å². The number of hydrogen-bond acceptors (Lipinski definition) is 2. The van der Waals surface area contributed by atoms with Crippen LogP contribution >= 0.6 is 11.6 Å². The van der Waals surface area contributed by atoms with Crippen molar-refractivity contribution in [3.8, 4) is 5.75 Å². The highest BCUT2D eigenvalue weighted by Gasteiger charge is 2.18. The molecule has 0 fully saturated rings. The Morgan fingerprint density at radius 1 is 1.16 bits per heavy atom. The molecule has 0 unspecified atom stereocenters. The first kappa shape index (κ1) is 13.3. The van der Waals surface area contributed by atoms with E-state index in [0.717, 1.165) is 18.2 Å². The largest absolute Gasteiger partial charge is 0.506 e. The first-order valence-electron chi connectivity index (χ1n) is 5.23. The Morgan fingerprint density at radius 3 is 2.42 bits per heavy atom. The van der Waals surface area contributed by atoms with Crippen LogP contribution in [0.1, 0.15) is 10.4 Å². The van der Waals surface area contributed by atoms with Gasteiger partial charge >= 0.3 is 0 Å². The third-order valence-corrected chi connectivity index (χ3v) is 2.63. The lowest BCUT2D eigenvalue weighted by Gasteiger charge is -2.09. The van der Waals surface area contributed by atoms with Gasteiger partial charge in [-0.2, -0.15) is 0 Å². The average molecular weight is 284 g/mol. The summed E-state index contributed by atoms with van der Waals surface area (Å²) in [4.78, 5) is 11.8. The van der Waals surface area contributed by atoms with Crippen LogP contribution in [0.15, 0.2) is 36.4 Å². The van der Waals surface area contributed by atoms with E-state index in [1.54, 1.807) is 0 Å². The van der Waals surface area contributed by atoms with Gasteiger partial charge in [0.1, 0.15) is 22.9 Å². The standard InChI is InChI=1S/C13H8ClF2NO2/c14-7-4-5-11(18)10(6-7)17-13(19)12-8(15)2-1-3-9(12)16/h1-6,18H,(H,17,19). The lowest BCUT2D eigenvalue weighted by molar-refractivity contribution is 0.101. The number of carbonyl (C=O) groups excluding carboxylic acids is 1. The van der Waals surface area contributed by atoms with Gasteiger partial charge in [-0.05, 0) is 30.3 Å². The molecule has 3 nitrogen and oxygen atoms in total. The van der Waals surface area contributed by atoms with E-state index in [0.29, 0.717) is 0 Å². The summed E-state index contributed by atoms with van der Waals surface area (Å²) >= 11 is 5.70. The fraction of sp³-hybridized carbons (Fsp3) is 0. The Hall–Kier alpha value is -2.14. The Labute approximate surface area is 112 Å². The van der Waals surface area contributed by atoms with Gasteiger partial charge in [0, 0.05) is 5.02 Å². The molecule has 0 aliphatic rings. The van der Waals surface area contributed by atoms with E-state index in [2.05, 4.69) is 5.32 Å². The van der Waals surface area contributed by atoms with Crippen molar-refractivity contribution >= 4 is 23.2 Å². The Bertz CT molecular complexity index is 626. The first-order chi connectivity index (χ1) is 8.99. The van der Waals surface area contributed by atoms with Crippen LogP contribution in [0.3, 0.4) is 0 Å². The fourth-order valence-corrected chi connectivity index (χ4v) is 1.68. The van der Waals surface area contributed by atoms with Crippen molar-refractivity contribution in [3.05, 3.63) is 58.6 Å². The van der Waals surface area contributed by atoms with Crippen LogP contribution in [0.4, 0.5) is 14.5 Å². The summed E-state index contributed by atoms with van der Waals surface area (Å²) in [5.74, 6) is -3.24. The summed E-state index contributed by atoms with van der Waals surface area (Å²) < 4.78 is 26.8. The van der Waals surface area contributed by atoms with Gasteiger partial charge in [0.2, 0.25) is 0 Å². The van der Waals surface area contributed by atoms with Gasteiger partial charge in [-0.15, -0.1) is 0 Å². The lowest BCUT2D eigenvalue weighted by Crippen LogP contribution is -2.15. The van der Waals surface area contributed by atoms with E-state index < -0.39 is 23.1 Å². The fourth-order valence-electron chi connectivity index (χ4n) is 1.51. The van der Waals surface area contributed by atoms with Crippen LogP contribution in [0.5, 0.6) is 5.75 Å². The van der Waals surface area contributed by atoms with E-state index in [-0.39, 0.29) is 16.5 Å². The topological polar surface area (TPSA) is 49.3 Å². The minimum absolute atomic E-state index is 0.0276. The third kappa shape index (κ3) is 2.82. The van der Waals surface area contributed by atoms with Gasteiger partial charge in [0.15, 0.2) is 0 Å². The van der Waals surface area contributed by atoms with Crippen molar-refractivity contribution in [1.29, 1.82) is 0 Å². The van der Waals surface area contributed by atoms with Gasteiger partial charge in [-0.3, -0.25) is 4.79 Å². The number of phenols is 1. The maximum absolute atomic E-state index is 13.4. The smallest absolute Gasteiger partial charge is 0.261 e. The molecular formula is C13H8ClF2NO2. The number of nitrogens with one attached hydrogen (secondary N) is 1. The molecule has 2 N–H and O–H groups in total. The summed E-state index contributed by atoms with van der Waals surface area (Å²) in [7, 11) is 0. The van der Waals surface area contributed by atoms with E-state index in [1.807, 2.05) is 0 Å². The molecule has 0 bridgehead atoms. The molecule has 0 spiro atoms. The van der Waals surface area contributed by atoms with Gasteiger partial charge in [-0.25, -0.2) is 8.78 Å². The molecule has 0 radical (unpaired) electrons. The predicted octanol–water partition coefficient (Wildman–Crippen LogP) is 3.58. The molecule has 0 aliphatic heterocycles. The zero-order chi connectivity index (χ0) is 14.0. The molecule has 0 heterocycles. The van der Waals surface area contributed by atoms with Crippen LogP contribution in [-0.2, 0) is 0 Å². The number of benzene rings is 2. The van der Waals surface area contributed by atoms with Gasteiger partial charge in [0.05, 0.1) is 5.69 Å². The van der Waals surface area contributed by atoms with Crippen molar-refractivity contribution in [3.63, 3.8) is 0 Å². The zero-order valence-electron chi connectivity index (χ0n) is 9.45. The molecule has 2 aromatic carbocycles. The molecule has 0 aliphatic carbocycles. The average Bonchev–Trinajstić information content (AvgIpc) is 2.33. The van der Waals surface area contributed by atoms with Gasteiger partial charge in [-0.1, -0.05) is 17.7 Å².